The Labute approximate surface area is 155 Å². The van der Waals surface area contributed by atoms with Gasteiger partial charge in [0.25, 0.3) is 0 Å². The van der Waals surface area contributed by atoms with Crippen molar-refractivity contribution in [2.45, 2.75) is 6.54 Å². The smallest absolute Gasteiger partial charge is 0.243 e. The van der Waals surface area contributed by atoms with Crippen LogP contribution in [0.4, 0.5) is 11.4 Å². The van der Waals surface area contributed by atoms with E-state index in [1.54, 1.807) is 19.2 Å². The SMILES string of the molecule is CN(Cc1ccccc1)C(=O)CN(c1ccc(N(C)C)cc1)S(C)(=O)=O. The third kappa shape index (κ3) is 5.23. The van der Waals surface area contributed by atoms with Crippen molar-refractivity contribution in [2.75, 3.05) is 43.1 Å². The monoisotopic (exact) mass is 375 g/mol. The number of carbonyl (C=O) groups excluding carboxylic acids is 1. The zero-order valence-corrected chi connectivity index (χ0v) is 16.4. The molecule has 0 saturated heterocycles. The summed E-state index contributed by atoms with van der Waals surface area (Å²) in [6.45, 7) is 0.195. The second kappa shape index (κ2) is 8.23. The minimum Gasteiger partial charge on any atom is -0.378 e. The fourth-order valence-corrected chi connectivity index (χ4v) is 3.36. The molecule has 140 valence electrons. The van der Waals surface area contributed by atoms with E-state index < -0.39 is 10.0 Å². The summed E-state index contributed by atoms with van der Waals surface area (Å²) < 4.78 is 25.6. The molecular formula is C19H25N3O3S. The highest BCUT2D eigenvalue weighted by atomic mass is 32.2. The van der Waals surface area contributed by atoms with Crippen molar-refractivity contribution in [1.82, 2.24) is 4.90 Å². The molecule has 0 heterocycles. The zero-order valence-electron chi connectivity index (χ0n) is 15.6. The largest absolute Gasteiger partial charge is 0.378 e. The average Bonchev–Trinajstić information content (AvgIpc) is 2.59. The normalized spacial score (nSPS) is 11.1. The topological polar surface area (TPSA) is 60.9 Å². The molecule has 0 bridgehead atoms. The molecule has 0 unspecified atom stereocenters. The lowest BCUT2D eigenvalue weighted by Crippen LogP contribution is -2.41. The van der Waals surface area contributed by atoms with Gasteiger partial charge in [-0.2, -0.15) is 0 Å². The lowest BCUT2D eigenvalue weighted by molar-refractivity contribution is -0.128. The van der Waals surface area contributed by atoms with Gasteiger partial charge >= 0.3 is 0 Å². The molecule has 6 nitrogen and oxygen atoms in total. The summed E-state index contributed by atoms with van der Waals surface area (Å²) in [5.74, 6) is -0.268. The highest BCUT2D eigenvalue weighted by Crippen LogP contribution is 2.21. The quantitative estimate of drug-likeness (QED) is 0.744. The van der Waals surface area contributed by atoms with E-state index in [-0.39, 0.29) is 12.5 Å². The number of sulfonamides is 1. The predicted octanol–water partition coefficient (Wildman–Crippen LogP) is 2.18. The van der Waals surface area contributed by atoms with E-state index in [1.165, 1.54) is 4.90 Å². The fraction of sp³-hybridized carbons (Fsp3) is 0.316. The third-order valence-corrected chi connectivity index (χ3v) is 5.16. The van der Waals surface area contributed by atoms with Gasteiger partial charge < -0.3 is 9.80 Å². The fourth-order valence-electron chi connectivity index (χ4n) is 2.51. The number of amides is 1. The number of likely N-dealkylation sites (N-methyl/N-ethyl adjacent to an activating group) is 1. The molecule has 2 aromatic rings. The molecule has 0 aliphatic heterocycles. The standard InChI is InChI=1S/C19H25N3O3S/c1-20(2)17-10-12-18(13-11-17)22(26(4,24)25)15-19(23)21(3)14-16-8-6-5-7-9-16/h5-13H,14-15H2,1-4H3. The van der Waals surface area contributed by atoms with Crippen LogP contribution in [-0.4, -0.2) is 53.2 Å². The number of rotatable bonds is 7. The maximum absolute atomic E-state index is 12.6. The molecule has 2 rings (SSSR count). The highest BCUT2D eigenvalue weighted by Gasteiger charge is 2.22. The first kappa shape index (κ1) is 19.8. The Morgan fingerprint density at radius 1 is 0.885 bits per heavy atom. The summed E-state index contributed by atoms with van der Waals surface area (Å²) >= 11 is 0. The predicted molar refractivity (Wildman–Crippen MR) is 106 cm³/mol. The molecule has 0 atom stereocenters. The van der Waals surface area contributed by atoms with Crippen LogP contribution in [0.25, 0.3) is 0 Å². The van der Waals surface area contributed by atoms with Gasteiger partial charge in [-0.05, 0) is 29.8 Å². The van der Waals surface area contributed by atoms with Crippen LogP contribution < -0.4 is 9.21 Å². The summed E-state index contributed by atoms with van der Waals surface area (Å²) in [5.41, 5.74) is 2.42. The number of hydrogen-bond acceptors (Lipinski definition) is 4. The van der Waals surface area contributed by atoms with Gasteiger partial charge in [0.05, 0.1) is 11.9 Å². The molecule has 0 N–H and O–H groups in total. The first-order valence-electron chi connectivity index (χ1n) is 8.21. The Hall–Kier alpha value is -2.54. The Morgan fingerprint density at radius 3 is 1.92 bits per heavy atom. The van der Waals surface area contributed by atoms with Gasteiger partial charge in [0.2, 0.25) is 15.9 Å². The van der Waals surface area contributed by atoms with Crippen LogP contribution >= 0.6 is 0 Å². The second-order valence-corrected chi connectivity index (χ2v) is 8.32. The zero-order chi connectivity index (χ0) is 19.3. The number of anilines is 2. The van der Waals surface area contributed by atoms with Gasteiger partial charge in [0.1, 0.15) is 6.54 Å². The van der Waals surface area contributed by atoms with Gasteiger partial charge in [-0.3, -0.25) is 9.10 Å². The minimum atomic E-state index is -3.58. The summed E-state index contributed by atoms with van der Waals surface area (Å²) in [6, 6.07) is 16.6. The molecule has 1 amide bonds. The van der Waals surface area contributed by atoms with Crippen LogP contribution in [0.3, 0.4) is 0 Å². The van der Waals surface area contributed by atoms with E-state index in [4.69, 9.17) is 0 Å². The summed E-state index contributed by atoms with van der Waals surface area (Å²) in [7, 11) is 1.91. The van der Waals surface area contributed by atoms with Crippen LogP contribution in [0.5, 0.6) is 0 Å². The van der Waals surface area contributed by atoms with Crippen LogP contribution in [0, 0.1) is 0 Å². The number of carbonyl (C=O) groups is 1. The lowest BCUT2D eigenvalue weighted by Gasteiger charge is -2.25. The second-order valence-electron chi connectivity index (χ2n) is 6.42. The van der Waals surface area contributed by atoms with E-state index in [9.17, 15) is 13.2 Å². The Morgan fingerprint density at radius 2 is 1.42 bits per heavy atom. The first-order chi connectivity index (χ1) is 12.2. The van der Waals surface area contributed by atoms with E-state index >= 15 is 0 Å². The van der Waals surface area contributed by atoms with Crippen molar-refractivity contribution in [3.05, 3.63) is 60.2 Å². The number of benzene rings is 2. The molecule has 7 heteroatoms. The van der Waals surface area contributed by atoms with Crippen molar-refractivity contribution in [1.29, 1.82) is 0 Å². The van der Waals surface area contributed by atoms with Gasteiger partial charge in [-0.1, -0.05) is 30.3 Å². The van der Waals surface area contributed by atoms with Crippen molar-refractivity contribution in [3.63, 3.8) is 0 Å². The molecule has 0 spiro atoms. The van der Waals surface area contributed by atoms with Crippen LogP contribution in [0.2, 0.25) is 0 Å². The number of nitrogens with zero attached hydrogens (tertiary/aromatic N) is 3. The van der Waals surface area contributed by atoms with Crippen molar-refractivity contribution in [2.24, 2.45) is 0 Å². The molecule has 0 saturated carbocycles. The van der Waals surface area contributed by atoms with Crippen molar-refractivity contribution in [3.8, 4) is 0 Å². The number of hydrogen-bond donors (Lipinski definition) is 0. The maximum Gasteiger partial charge on any atom is 0.243 e. The molecular weight excluding hydrogens is 350 g/mol. The van der Waals surface area contributed by atoms with E-state index in [0.29, 0.717) is 12.2 Å². The molecule has 0 aliphatic rings. The van der Waals surface area contributed by atoms with Crippen LogP contribution in [-0.2, 0) is 21.4 Å². The highest BCUT2D eigenvalue weighted by molar-refractivity contribution is 7.92. The van der Waals surface area contributed by atoms with Gasteiger partial charge in [0, 0.05) is 33.4 Å². The Balaban J connectivity index is 2.16. The van der Waals surface area contributed by atoms with Crippen LogP contribution in [0.15, 0.2) is 54.6 Å². The molecule has 0 radical (unpaired) electrons. The molecule has 0 aliphatic carbocycles. The van der Waals surface area contributed by atoms with Crippen molar-refractivity contribution < 1.29 is 13.2 Å². The van der Waals surface area contributed by atoms with E-state index in [2.05, 4.69) is 0 Å². The molecule has 0 aromatic heterocycles. The minimum absolute atomic E-state index is 0.233. The summed E-state index contributed by atoms with van der Waals surface area (Å²) in [5, 5.41) is 0. The maximum atomic E-state index is 12.6. The Kier molecular flexibility index (Phi) is 6.26. The molecule has 0 fully saturated rings. The van der Waals surface area contributed by atoms with Gasteiger partial charge in [-0.25, -0.2) is 8.42 Å². The Bertz CT molecular complexity index is 834. The molecule has 2 aromatic carbocycles. The van der Waals surface area contributed by atoms with E-state index in [0.717, 1.165) is 21.8 Å². The average molecular weight is 375 g/mol. The van der Waals surface area contributed by atoms with Gasteiger partial charge in [-0.15, -0.1) is 0 Å². The van der Waals surface area contributed by atoms with Crippen LogP contribution in [0.1, 0.15) is 5.56 Å². The summed E-state index contributed by atoms with van der Waals surface area (Å²) in [6.07, 6.45) is 1.11. The summed E-state index contributed by atoms with van der Waals surface area (Å²) in [4.78, 5) is 16.0. The van der Waals surface area contributed by atoms with Gasteiger partial charge in [0.15, 0.2) is 0 Å². The van der Waals surface area contributed by atoms with E-state index in [1.807, 2.05) is 61.5 Å². The molecule has 26 heavy (non-hydrogen) atoms. The first-order valence-corrected chi connectivity index (χ1v) is 10.1. The van der Waals surface area contributed by atoms with Crippen molar-refractivity contribution >= 4 is 27.3 Å². The third-order valence-electron chi connectivity index (χ3n) is 4.02. The lowest BCUT2D eigenvalue weighted by atomic mass is 10.2.